The molecule has 0 spiro atoms. The Labute approximate surface area is 113 Å². The van der Waals surface area contributed by atoms with Gasteiger partial charge in [0.1, 0.15) is 5.82 Å². The third-order valence-corrected chi connectivity index (χ3v) is 2.78. The number of carbonyl (C=O) groups excluding carboxylic acids is 1. The summed E-state index contributed by atoms with van der Waals surface area (Å²) >= 11 is 0. The first kappa shape index (κ1) is 15.4. The summed E-state index contributed by atoms with van der Waals surface area (Å²) in [5.74, 6) is -0.555. The molecular formula is C15H20FNO2. The molecule has 0 fully saturated rings. The third kappa shape index (κ3) is 5.66. The van der Waals surface area contributed by atoms with Gasteiger partial charge in [-0.25, -0.2) is 4.39 Å². The number of carbonyl (C=O) groups is 1. The Morgan fingerprint density at radius 2 is 2.05 bits per heavy atom. The second-order valence-corrected chi connectivity index (χ2v) is 4.52. The van der Waals surface area contributed by atoms with Crippen molar-refractivity contribution in [1.82, 2.24) is 5.32 Å². The summed E-state index contributed by atoms with van der Waals surface area (Å²) in [7, 11) is 0. The van der Waals surface area contributed by atoms with Gasteiger partial charge in [-0.05, 0) is 36.6 Å². The fraction of sp³-hybridized carbons (Fsp3) is 0.400. The van der Waals surface area contributed by atoms with Crippen molar-refractivity contribution in [3.63, 3.8) is 0 Å². The number of rotatable bonds is 6. The lowest BCUT2D eigenvalue weighted by atomic mass is 10.1. The normalized spacial score (nSPS) is 13.2. The molecule has 0 aliphatic carbocycles. The van der Waals surface area contributed by atoms with Gasteiger partial charge < -0.3 is 10.4 Å². The van der Waals surface area contributed by atoms with Crippen molar-refractivity contribution in [1.29, 1.82) is 0 Å². The number of hydrogen-bond donors (Lipinski definition) is 2. The van der Waals surface area contributed by atoms with E-state index in [1.165, 1.54) is 18.2 Å². The van der Waals surface area contributed by atoms with Crippen molar-refractivity contribution in [3.05, 3.63) is 41.7 Å². The van der Waals surface area contributed by atoms with Crippen LogP contribution in [0.25, 0.3) is 5.57 Å². The molecule has 0 radical (unpaired) electrons. The summed E-state index contributed by atoms with van der Waals surface area (Å²) in [6.45, 7) is 4.01. The maximum Gasteiger partial charge on any atom is 0.244 e. The standard InChI is InChI=1S/C15H20FNO2/c1-3-4-14(18)10-17-15(19)9-11(2)12-5-7-13(16)8-6-12/h5-9,14,18H,3-4,10H2,1-2H3,(H,17,19)/b11-9-. The molecular weight excluding hydrogens is 245 g/mol. The number of hydrogen-bond acceptors (Lipinski definition) is 2. The minimum atomic E-state index is -0.506. The second kappa shape index (κ2) is 7.69. The number of aliphatic hydroxyl groups is 1. The predicted octanol–water partition coefficient (Wildman–Crippen LogP) is 2.51. The van der Waals surface area contributed by atoms with Crippen LogP contribution in [0.4, 0.5) is 4.39 Å². The first-order valence-electron chi connectivity index (χ1n) is 6.43. The molecule has 1 rings (SSSR count). The van der Waals surface area contributed by atoms with E-state index < -0.39 is 6.10 Å². The molecule has 1 amide bonds. The highest BCUT2D eigenvalue weighted by Gasteiger charge is 2.05. The van der Waals surface area contributed by atoms with Crippen LogP contribution in [0.5, 0.6) is 0 Å². The van der Waals surface area contributed by atoms with Crippen molar-refractivity contribution >= 4 is 11.5 Å². The highest BCUT2D eigenvalue weighted by atomic mass is 19.1. The summed E-state index contributed by atoms with van der Waals surface area (Å²) < 4.78 is 12.8. The van der Waals surface area contributed by atoms with E-state index in [1.54, 1.807) is 19.1 Å². The first-order chi connectivity index (χ1) is 9.02. The van der Waals surface area contributed by atoms with E-state index in [-0.39, 0.29) is 18.3 Å². The van der Waals surface area contributed by atoms with Gasteiger partial charge in [-0.1, -0.05) is 25.5 Å². The maximum atomic E-state index is 12.8. The van der Waals surface area contributed by atoms with Crippen molar-refractivity contribution in [2.45, 2.75) is 32.8 Å². The molecule has 1 aromatic rings. The Morgan fingerprint density at radius 3 is 2.63 bits per heavy atom. The van der Waals surface area contributed by atoms with Gasteiger partial charge in [0.05, 0.1) is 6.10 Å². The summed E-state index contributed by atoms with van der Waals surface area (Å²) in [5.41, 5.74) is 1.55. The molecule has 0 saturated heterocycles. The van der Waals surface area contributed by atoms with Crippen LogP contribution in [-0.2, 0) is 4.79 Å². The average molecular weight is 265 g/mol. The van der Waals surface area contributed by atoms with E-state index in [0.29, 0.717) is 6.42 Å². The van der Waals surface area contributed by atoms with E-state index in [4.69, 9.17) is 0 Å². The average Bonchev–Trinajstić information content (AvgIpc) is 2.37. The van der Waals surface area contributed by atoms with Crippen molar-refractivity contribution < 1.29 is 14.3 Å². The van der Waals surface area contributed by atoms with E-state index >= 15 is 0 Å². The van der Waals surface area contributed by atoms with E-state index in [1.807, 2.05) is 6.92 Å². The minimum Gasteiger partial charge on any atom is -0.391 e. The SMILES string of the molecule is CCCC(O)CNC(=O)/C=C(/C)c1ccc(F)cc1. The second-order valence-electron chi connectivity index (χ2n) is 4.52. The molecule has 0 heterocycles. The molecule has 0 bridgehead atoms. The van der Waals surface area contributed by atoms with Crippen LogP contribution in [0.1, 0.15) is 32.3 Å². The van der Waals surface area contributed by atoms with Crippen molar-refractivity contribution in [2.75, 3.05) is 6.54 Å². The van der Waals surface area contributed by atoms with Gasteiger partial charge in [0.2, 0.25) is 5.91 Å². The number of amides is 1. The molecule has 0 aliphatic heterocycles. The van der Waals surface area contributed by atoms with E-state index in [2.05, 4.69) is 5.32 Å². The van der Waals surface area contributed by atoms with Crippen LogP contribution in [0, 0.1) is 5.82 Å². The van der Waals surface area contributed by atoms with E-state index in [9.17, 15) is 14.3 Å². The number of aliphatic hydroxyl groups excluding tert-OH is 1. The zero-order valence-electron chi connectivity index (χ0n) is 11.3. The topological polar surface area (TPSA) is 49.3 Å². The molecule has 0 aliphatic rings. The fourth-order valence-corrected chi connectivity index (χ4v) is 1.70. The van der Waals surface area contributed by atoms with Crippen molar-refractivity contribution in [2.24, 2.45) is 0 Å². The summed E-state index contributed by atoms with van der Waals surface area (Å²) in [6.07, 6.45) is 2.49. The lowest BCUT2D eigenvalue weighted by molar-refractivity contribution is -0.116. The van der Waals surface area contributed by atoms with Gasteiger partial charge in [0.25, 0.3) is 0 Å². The monoisotopic (exact) mass is 265 g/mol. The highest BCUT2D eigenvalue weighted by Crippen LogP contribution is 2.13. The first-order valence-corrected chi connectivity index (χ1v) is 6.43. The molecule has 104 valence electrons. The smallest absolute Gasteiger partial charge is 0.244 e. The highest BCUT2D eigenvalue weighted by molar-refractivity contribution is 5.94. The Balaban J connectivity index is 2.54. The lowest BCUT2D eigenvalue weighted by Gasteiger charge is -2.09. The molecule has 1 atom stereocenters. The molecule has 4 heteroatoms. The molecule has 0 saturated carbocycles. The molecule has 1 unspecified atom stereocenters. The lowest BCUT2D eigenvalue weighted by Crippen LogP contribution is -2.30. The van der Waals surface area contributed by atoms with Crippen LogP contribution in [0.15, 0.2) is 30.3 Å². The number of benzene rings is 1. The molecule has 2 N–H and O–H groups in total. The van der Waals surface area contributed by atoms with Gasteiger partial charge in [-0.2, -0.15) is 0 Å². The summed E-state index contributed by atoms with van der Waals surface area (Å²) in [4.78, 5) is 11.6. The molecule has 19 heavy (non-hydrogen) atoms. The van der Waals surface area contributed by atoms with Gasteiger partial charge in [0, 0.05) is 12.6 Å². The quantitative estimate of drug-likeness (QED) is 0.776. The Kier molecular flexibility index (Phi) is 6.22. The fourth-order valence-electron chi connectivity index (χ4n) is 1.70. The van der Waals surface area contributed by atoms with Crippen LogP contribution in [-0.4, -0.2) is 23.7 Å². The van der Waals surface area contributed by atoms with Gasteiger partial charge >= 0.3 is 0 Å². The largest absolute Gasteiger partial charge is 0.391 e. The molecule has 1 aromatic carbocycles. The minimum absolute atomic E-state index is 0.250. The van der Waals surface area contributed by atoms with Gasteiger partial charge in [-0.3, -0.25) is 4.79 Å². The molecule has 0 aromatic heterocycles. The molecule has 3 nitrogen and oxygen atoms in total. The number of allylic oxidation sites excluding steroid dienone is 1. The Hall–Kier alpha value is -1.68. The van der Waals surface area contributed by atoms with E-state index in [0.717, 1.165) is 17.6 Å². The van der Waals surface area contributed by atoms with Crippen LogP contribution in [0.2, 0.25) is 0 Å². The predicted molar refractivity (Wildman–Crippen MR) is 74.0 cm³/mol. The van der Waals surface area contributed by atoms with Gasteiger partial charge in [-0.15, -0.1) is 0 Å². The zero-order valence-corrected chi connectivity index (χ0v) is 11.3. The van der Waals surface area contributed by atoms with Crippen LogP contribution in [0.3, 0.4) is 0 Å². The zero-order chi connectivity index (χ0) is 14.3. The number of halogens is 1. The third-order valence-electron chi connectivity index (χ3n) is 2.78. The maximum absolute atomic E-state index is 12.8. The number of nitrogens with one attached hydrogen (secondary N) is 1. The summed E-state index contributed by atoms with van der Waals surface area (Å²) in [5, 5.41) is 12.1. The Bertz CT molecular complexity index is 440. The van der Waals surface area contributed by atoms with Crippen molar-refractivity contribution in [3.8, 4) is 0 Å². The van der Waals surface area contributed by atoms with Crippen LogP contribution >= 0.6 is 0 Å². The summed E-state index contributed by atoms with van der Waals surface area (Å²) in [6, 6.07) is 5.96. The van der Waals surface area contributed by atoms with Gasteiger partial charge in [0.15, 0.2) is 0 Å². The Morgan fingerprint density at radius 1 is 1.42 bits per heavy atom. The van der Waals surface area contributed by atoms with Crippen LogP contribution < -0.4 is 5.32 Å².